The Morgan fingerprint density at radius 1 is 1.03 bits per heavy atom. The van der Waals surface area contributed by atoms with E-state index in [9.17, 15) is 17.6 Å². The van der Waals surface area contributed by atoms with E-state index in [4.69, 9.17) is 0 Å². The number of nitrogens with one attached hydrogen (secondary N) is 2. The number of aromatic nitrogens is 3. The molecule has 3 aromatic rings. The molecular formula is C20H17F4N7. The maximum atomic E-state index is 13.7. The number of pyridine rings is 1. The van der Waals surface area contributed by atoms with Crippen LogP contribution in [0, 0.1) is 5.82 Å². The lowest BCUT2D eigenvalue weighted by molar-refractivity contribution is -0.137. The van der Waals surface area contributed by atoms with Gasteiger partial charge in [-0.3, -0.25) is 4.98 Å². The number of hydrogen-bond donors (Lipinski definition) is 2. The van der Waals surface area contributed by atoms with Gasteiger partial charge in [-0.05, 0) is 43.2 Å². The van der Waals surface area contributed by atoms with Crippen molar-refractivity contribution in [2.24, 2.45) is 10.2 Å². The molecule has 0 bridgehead atoms. The van der Waals surface area contributed by atoms with Crippen LogP contribution in [0.1, 0.15) is 24.1 Å². The number of nitrogens with zero attached hydrogens (tertiary/aromatic N) is 5. The van der Waals surface area contributed by atoms with Crippen molar-refractivity contribution in [2.45, 2.75) is 31.6 Å². The maximum absolute atomic E-state index is 13.7. The lowest BCUT2D eigenvalue weighted by atomic mass is 10.2. The highest BCUT2D eigenvalue weighted by Crippen LogP contribution is 2.31. The van der Waals surface area contributed by atoms with Crippen molar-refractivity contribution in [2.75, 3.05) is 10.6 Å². The standard InChI is InChI=1S/C20H17F4N7/c21-17-11-26-19(30-18(17)29-13-4-5-13)31-27-10-15-6-7-16(9-25-15)28-14-3-1-2-12(8-14)20(22,23)24/h1-3,6-9,11,13,28H,4-5,10H2,(H,26,29,30). The van der Waals surface area contributed by atoms with Crippen LogP contribution in [0.5, 0.6) is 0 Å². The normalized spacial score (nSPS) is 14.1. The van der Waals surface area contributed by atoms with Crippen LogP contribution in [-0.2, 0) is 12.7 Å². The third-order valence-corrected chi connectivity index (χ3v) is 4.35. The van der Waals surface area contributed by atoms with Crippen molar-refractivity contribution in [3.05, 3.63) is 65.9 Å². The van der Waals surface area contributed by atoms with Gasteiger partial charge in [0, 0.05) is 11.7 Å². The molecule has 0 saturated heterocycles. The molecule has 7 nitrogen and oxygen atoms in total. The van der Waals surface area contributed by atoms with Crippen molar-refractivity contribution in [3.63, 3.8) is 0 Å². The minimum atomic E-state index is -4.41. The lowest BCUT2D eigenvalue weighted by Gasteiger charge is -2.10. The van der Waals surface area contributed by atoms with Crippen molar-refractivity contribution < 1.29 is 17.6 Å². The highest BCUT2D eigenvalue weighted by atomic mass is 19.4. The summed E-state index contributed by atoms with van der Waals surface area (Å²) in [5.74, 6) is -0.404. The summed E-state index contributed by atoms with van der Waals surface area (Å²) < 4.78 is 52.1. The second kappa shape index (κ2) is 8.62. The fourth-order valence-electron chi connectivity index (χ4n) is 2.63. The third-order valence-electron chi connectivity index (χ3n) is 4.35. The molecular weight excluding hydrogens is 414 g/mol. The fraction of sp³-hybridized carbons (Fsp3) is 0.250. The Hall–Kier alpha value is -3.63. The molecule has 0 atom stereocenters. The van der Waals surface area contributed by atoms with Crippen LogP contribution in [-0.4, -0.2) is 21.0 Å². The van der Waals surface area contributed by atoms with Gasteiger partial charge in [-0.1, -0.05) is 6.07 Å². The molecule has 0 spiro atoms. The third kappa shape index (κ3) is 5.71. The SMILES string of the molecule is Fc1cnc(N=NCc2ccc(Nc3cccc(C(F)(F)F)c3)cn2)nc1NC1CC1. The van der Waals surface area contributed by atoms with E-state index < -0.39 is 17.6 Å². The Balaban J connectivity index is 1.36. The summed E-state index contributed by atoms with van der Waals surface area (Å²) in [5.41, 5.74) is 0.670. The molecule has 31 heavy (non-hydrogen) atoms. The van der Waals surface area contributed by atoms with E-state index in [2.05, 4.69) is 35.8 Å². The monoisotopic (exact) mass is 431 g/mol. The van der Waals surface area contributed by atoms with Gasteiger partial charge in [0.2, 0.25) is 0 Å². The van der Waals surface area contributed by atoms with Gasteiger partial charge in [0.15, 0.2) is 11.6 Å². The first-order valence-corrected chi connectivity index (χ1v) is 9.42. The Bertz CT molecular complexity index is 1080. The number of azo groups is 1. The second-order valence-electron chi connectivity index (χ2n) is 6.93. The minimum Gasteiger partial charge on any atom is -0.365 e. The molecule has 1 aromatic carbocycles. The topological polar surface area (TPSA) is 87.5 Å². The van der Waals surface area contributed by atoms with Gasteiger partial charge in [0.25, 0.3) is 5.95 Å². The summed E-state index contributed by atoms with van der Waals surface area (Å²) in [5, 5.41) is 13.7. The van der Waals surface area contributed by atoms with E-state index in [1.165, 1.54) is 18.3 Å². The average molecular weight is 431 g/mol. The average Bonchev–Trinajstić information content (AvgIpc) is 3.55. The van der Waals surface area contributed by atoms with Gasteiger partial charge in [0.1, 0.15) is 6.54 Å². The van der Waals surface area contributed by atoms with Gasteiger partial charge in [-0.2, -0.15) is 23.3 Å². The summed E-state index contributed by atoms with van der Waals surface area (Å²) in [6, 6.07) is 8.47. The molecule has 2 aromatic heterocycles. The summed E-state index contributed by atoms with van der Waals surface area (Å²) in [4.78, 5) is 12.0. The van der Waals surface area contributed by atoms with E-state index in [1.54, 1.807) is 12.1 Å². The number of anilines is 3. The van der Waals surface area contributed by atoms with Gasteiger partial charge in [0.05, 0.1) is 29.3 Å². The zero-order chi connectivity index (χ0) is 21.8. The molecule has 2 N–H and O–H groups in total. The second-order valence-corrected chi connectivity index (χ2v) is 6.93. The van der Waals surface area contributed by atoms with E-state index in [0.717, 1.165) is 31.2 Å². The molecule has 0 amide bonds. The Morgan fingerprint density at radius 3 is 2.58 bits per heavy atom. The number of halogens is 4. The predicted molar refractivity (Wildman–Crippen MR) is 106 cm³/mol. The lowest BCUT2D eigenvalue weighted by Crippen LogP contribution is -2.05. The largest absolute Gasteiger partial charge is 0.416 e. The van der Waals surface area contributed by atoms with Crippen LogP contribution in [0.4, 0.5) is 40.7 Å². The maximum Gasteiger partial charge on any atom is 0.416 e. The summed E-state index contributed by atoms with van der Waals surface area (Å²) in [6.07, 6.45) is 0.0681. The van der Waals surface area contributed by atoms with E-state index in [1.807, 2.05) is 0 Å². The number of rotatable bonds is 7. The highest BCUT2D eigenvalue weighted by molar-refractivity contribution is 5.59. The van der Waals surface area contributed by atoms with E-state index in [-0.39, 0.29) is 24.4 Å². The zero-order valence-corrected chi connectivity index (χ0v) is 16.1. The quantitative estimate of drug-likeness (QED) is 0.374. The highest BCUT2D eigenvalue weighted by Gasteiger charge is 2.30. The fourth-order valence-corrected chi connectivity index (χ4v) is 2.63. The van der Waals surface area contributed by atoms with E-state index in [0.29, 0.717) is 17.1 Å². The van der Waals surface area contributed by atoms with Crippen LogP contribution in [0.3, 0.4) is 0 Å². The molecule has 11 heteroatoms. The van der Waals surface area contributed by atoms with Crippen LogP contribution >= 0.6 is 0 Å². The molecule has 0 radical (unpaired) electrons. The van der Waals surface area contributed by atoms with Gasteiger partial charge >= 0.3 is 6.18 Å². The van der Waals surface area contributed by atoms with Crippen molar-refractivity contribution in [1.29, 1.82) is 0 Å². The number of alkyl halides is 3. The van der Waals surface area contributed by atoms with Crippen LogP contribution in [0.2, 0.25) is 0 Å². The molecule has 160 valence electrons. The Kier molecular flexibility index (Phi) is 5.74. The minimum absolute atomic E-state index is 0.0346. The summed E-state index contributed by atoms with van der Waals surface area (Å²) >= 11 is 0. The molecule has 1 fully saturated rings. The first kappa shape index (κ1) is 20.6. The summed E-state index contributed by atoms with van der Waals surface area (Å²) in [7, 11) is 0. The molecule has 1 saturated carbocycles. The molecule has 1 aliphatic rings. The van der Waals surface area contributed by atoms with Gasteiger partial charge < -0.3 is 10.6 Å². The first-order valence-electron chi connectivity index (χ1n) is 9.42. The first-order chi connectivity index (χ1) is 14.9. The van der Waals surface area contributed by atoms with Crippen molar-refractivity contribution in [1.82, 2.24) is 15.0 Å². The number of benzene rings is 1. The number of hydrogen-bond acceptors (Lipinski definition) is 7. The smallest absolute Gasteiger partial charge is 0.365 e. The van der Waals surface area contributed by atoms with Gasteiger partial charge in [-0.25, -0.2) is 9.37 Å². The van der Waals surface area contributed by atoms with E-state index >= 15 is 0 Å². The van der Waals surface area contributed by atoms with Crippen molar-refractivity contribution in [3.8, 4) is 0 Å². The van der Waals surface area contributed by atoms with Crippen LogP contribution in [0.15, 0.2) is 59.0 Å². The molecule has 0 unspecified atom stereocenters. The predicted octanol–water partition coefficient (Wildman–Crippen LogP) is 5.63. The van der Waals surface area contributed by atoms with Crippen LogP contribution < -0.4 is 10.6 Å². The Morgan fingerprint density at radius 2 is 1.87 bits per heavy atom. The van der Waals surface area contributed by atoms with Crippen LogP contribution in [0.25, 0.3) is 0 Å². The Labute approximate surface area is 174 Å². The zero-order valence-electron chi connectivity index (χ0n) is 16.1. The molecule has 1 aliphatic carbocycles. The van der Waals surface area contributed by atoms with Crippen molar-refractivity contribution >= 4 is 23.1 Å². The molecule has 2 heterocycles. The molecule has 4 rings (SSSR count). The molecule has 0 aliphatic heterocycles. The summed E-state index contributed by atoms with van der Waals surface area (Å²) in [6.45, 7) is 0.135. The van der Waals surface area contributed by atoms with Gasteiger partial charge in [-0.15, -0.1) is 5.11 Å².